The number of likely N-dealkylation sites (tertiary alicyclic amines) is 1. The standard InChI is InChI=1S/C15H23F3N4O2/c1-14(2,3)13-20-11(24-21-13)8-22-6-4-10(5-7-22)12(23)19-9-15(16,17)18/h10H,4-9H2,1-3H3,(H,19,23). The fourth-order valence-electron chi connectivity index (χ4n) is 2.50. The first kappa shape index (κ1) is 18.7. The van der Waals surface area contributed by atoms with Crippen LogP contribution >= 0.6 is 0 Å². The topological polar surface area (TPSA) is 71.3 Å². The summed E-state index contributed by atoms with van der Waals surface area (Å²) in [6.45, 7) is 6.41. The van der Waals surface area contributed by atoms with Crippen molar-refractivity contribution in [3.63, 3.8) is 0 Å². The maximum Gasteiger partial charge on any atom is 0.405 e. The third-order valence-corrected chi connectivity index (χ3v) is 3.92. The Kier molecular flexibility index (Phi) is 5.52. The molecule has 9 heteroatoms. The van der Waals surface area contributed by atoms with Gasteiger partial charge >= 0.3 is 6.18 Å². The average Bonchev–Trinajstić information content (AvgIpc) is 2.93. The molecule has 136 valence electrons. The summed E-state index contributed by atoms with van der Waals surface area (Å²) in [5.41, 5.74) is -0.189. The van der Waals surface area contributed by atoms with Crippen LogP contribution in [0.4, 0.5) is 13.2 Å². The highest BCUT2D eigenvalue weighted by molar-refractivity contribution is 5.78. The minimum Gasteiger partial charge on any atom is -0.347 e. The van der Waals surface area contributed by atoms with Gasteiger partial charge in [0, 0.05) is 11.3 Å². The zero-order valence-corrected chi connectivity index (χ0v) is 14.1. The first-order valence-electron chi connectivity index (χ1n) is 7.94. The van der Waals surface area contributed by atoms with Crippen molar-refractivity contribution >= 4 is 5.91 Å². The van der Waals surface area contributed by atoms with Crippen molar-refractivity contribution in [2.45, 2.75) is 51.7 Å². The second-order valence-electron chi connectivity index (χ2n) is 7.15. The van der Waals surface area contributed by atoms with Gasteiger partial charge in [0.1, 0.15) is 6.54 Å². The molecule has 0 aromatic carbocycles. The van der Waals surface area contributed by atoms with Gasteiger partial charge in [-0.3, -0.25) is 9.69 Å². The maximum atomic E-state index is 12.1. The van der Waals surface area contributed by atoms with Gasteiger partial charge in [0.05, 0.1) is 6.54 Å². The average molecular weight is 348 g/mol. The fourth-order valence-corrected chi connectivity index (χ4v) is 2.50. The number of halogens is 3. The molecule has 0 aliphatic carbocycles. The minimum absolute atomic E-state index is 0.189. The van der Waals surface area contributed by atoms with Gasteiger partial charge in [0.2, 0.25) is 11.8 Å². The van der Waals surface area contributed by atoms with E-state index in [9.17, 15) is 18.0 Å². The maximum absolute atomic E-state index is 12.1. The molecule has 24 heavy (non-hydrogen) atoms. The number of alkyl halides is 3. The molecule has 1 aromatic rings. The van der Waals surface area contributed by atoms with Crippen LogP contribution in [0.5, 0.6) is 0 Å². The molecule has 1 amide bonds. The molecule has 0 bridgehead atoms. The van der Waals surface area contributed by atoms with Gasteiger partial charge in [0.25, 0.3) is 0 Å². The lowest BCUT2D eigenvalue weighted by atomic mass is 9.96. The molecule has 0 unspecified atom stereocenters. The molecule has 0 radical (unpaired) electrons. The van der Waals surface area contributed by atoms with E-state index in [0.29, 0.717) is 44.2 Å². The van der Waals surface area contributed by atoms with E-state index in [0.717, 1.165) is 0 Å². The smallest absolute Gasteiger partial charge is 0.347 e. The van der Waals surface area contributed by atoms with Crippen molar-refractivity contribution in [1.82, 2.24) is 20.4 Å². The molecule has 0 spiro atoms. The molecule has 1 aliphatic rings. The second-order valence-corrected chi connectivity index (χ2v) is 7.15. The number of carbonyl (C=O) groups is 1. The number of aromatic nitrogens is 2. The largest absolute Gasteiger partial charge is 0.405 e. The van der Waals surface area contributed by atoms with E-state index < -0.39 is 18.6 Å². The number of nitrogens with zero attached hydrogens (tertiary/aromatic N) is 3. The van der Waals surface area contributed by atoms with E-state index in [4.69, 9.17) is 4.52 Å². The van der Waals surface area contributed by atoms with E-state index in [-0.39, 0.29) is 11.3 Å². The molecule has 2 heterocycles. The predicted octanol–water partition coefficient (Wildman–Crippen LogP) is 2.26. The van der Waals surface area contributed by atoms with Crippen LogP contribution in [0.25, 0.3) is 0 Å². The van der Waals surface area contributed by atoms with E-state index in [1.807, 2.05) is 26.1 Å². The summed E-state index contributed by atoms with van der Waals surface area (Å²) >= 11 is 0. The van der Waals surface area contributed by atoms with Crippen LogP contribution in [0.1, 0.15) is 45.3 Å². The Morgan fingerprint density at radius 1 is 1.29 bits per heavy atom. The molecule has 0 saturated carbocycles. The van der Waals surface area contributed by atoms with Crippen LogP contribution < -0.4 is 5.32 Å². The summed E-state index contributed by atoms with van der Waals surface area (Å²) in [4.78, 5) is 18.2. The zero-order valence-electron chi connectivity index (χ0n) is 14.1. The van der Waals surface area contributed by atoms with Crippen LogP contribution in [0, 0.1) is 5.92 Å². The summed E-state index contributed by atoms with van der Waals surface area (Å²) in [6.07, 6.45) is -3.34. The summed E-state index contributed by atoms with van der Waals surface area (Å²) in [5, 5.41) is 5.91. The van der Waals surface area contributed by atoms with Crippen molar-refractivity contribution in [1.29, 1.82) is 0 Å². The lowest BCUT2D eigenvalue weighted by molar-refractivity contribution is -0.141. The predicted molar refractivity (Wildman–Crippen MR) is 80.1 cm³/mol. The fraction of sp³-hybridized carbons (Fsp3) is 0.800. The molecular formula is C15H23F3N4O2. The van der Waals surface area contributed by atoms with Crippen LogP contribution in [0.15, 0.2) is 4.52 Å². The van der Waals surface area contributed by atoms with Crippen LogP contribution in [-0.2, 0) is 16.8 Å². The van der Waals surface area contributed by atoms with Crippen molar-refractivity contribution in [3.05, 3.63) is 11.7 Å². The Morgan fingerprint density at radius 3 is 2.42 bits per heavy atom. The van der Waals surface area contributed by atoms with Gasteiger partial charge in [-0.25, -0.2) is 0 Å². The lowest BCUT2D eigenvalue weighted by Crippen LogP contribution is -2.42. The zero-order chi connectivity index (χ0) is 18.0. The number of nitrogens with one attached hydrogen (secondary N) is 1. The minimum atomic E-state index is -4.38. The highest BCUT2D eigenvalue weighted by Crippen LogP contribution is 2.22. The number of hydrogen-bond acceptors (Lipinski definition) is 5. The molecule has 1 fully saturated rings. The van der Waals surface area contributed by atoms with Gasteiger partial charge in [0.15, 0.2) is 5.82 Å². The third-order valence-electron chi connectivity index (χ3n) is 3.92. The lowest BCUT2D eigenvalue weighted by Gasteiger charge is -2.30. The Labute approximate surface area is 138 Å². The Balaban J connectivity index is 1.78. The molecule has 6 nitrogen and oxygen atoms in total. The summed E-state index contributed by atoms with van der Waals surface area (Å²) in [7, 11) is 0. The molecule has 2 rings (SSSR count). The van der Waals surface area contributed by atoms with E-state index in [1.54, 1.807) is 0 Å². The van der Waals surface area contributed by atoms with Crippen LogP contribution in [0.2, 0.25) is 0 Å². The molecular weight excluding hydrogens is 325 g/mol. The molecule has 1 saturated heterocycles. The van der Waals surface area contributed by atoms with Gasteiger partial charge in [-0.05, 0) is 25.9 Å². The number of rotatable bonds is 4. The van der Waals surface area contributed by atoms with Crippen molar-refractivity contribution < 1.29 is 22.5 Å². The van der Waals surface area contributed by atoms with Gasteiger partial charge in [-0.15, -0.1) is 0 Å². The number of amides is 1. The van der Waals surface area contributed by atoms with Gasteiger partial charge < -0.3 is 9.84 Å². The van der Waals surface area contributed by atoms with E-state index in [2.05, 4.69) is 15.0 Å². The monoisotopic (exact) mass is 348 g/mol. The van der Waals surface area contributed by atoms with Gasteiger partial charge in [-0.2, -0.15) is 18.2 Å². The number of hydrogen-bond donors (Lipinski definition) is 1. The van der Waals surface area contributed by atoms with E-state index in [1.165, 1.54) is 0 Å². The highest BCUT2D eigenvalue weighted by Gasteiger charge is 2.31. The van der Waals surface area contributed by atoms with Crippen molar-refractivity contribution in [3.8, 4) is 0 Å². The summed E-state index contributed by atoms with van der Waals surface area (Å²) in [6, 6.07) is 0. The SMILES string of the molecule is CC(C)(C)c1noc(CN2CCC(C(=O)NCC(F)(F)F)CC2)n1. The van der Waals surface area contributed by atoms with Crippen molar-refractivity contribution in [2.75, 3.05) is 19.6 Å². The van der Waals surface area contributed by atoms with Crippen LogP contribution in [-0.4, -0.2) is 46.8 Å². The molecule has 1 aromatic heterocycles. The summed E-state index contributed by atoms with van der Waals surface area (Å²) < 4.78 is 41.6. The van der Waals surface area contributed by atoms with Gasteiger partial charge in [-0.1, -0.05) is 25.9 Å². The quantitative estimate of drug-likeness (QED) is 0.904. The number of piperidine rings is 1. The summed E-state index contributed by atoms with van der Waals surface area (Å²) in [5.74, 6) is 0.245. The normalized spacial score (nSPS) is 17.9. The Morgan fingerprint density at radius 2 is 1.92 bits per heavy atom. The molecule has 1 aliphatic heterocycles. The third kappa shape index (κ3) is 5.47. The Hall–Kier alpha value is -1.64. The molecule has 1 N–H and O–H groups in total. The molecule has 0 atom stereocenters. The highest BCUT2D eigenvalue weighted by atomic mass is 19.4. The Bertz CT molecular complexity index is 558. The van der Waals surface area contributed by atoms with Crippen LogP contribution in [0.3, 0.4) is 0 Å². The first-order valence-corrected chi connectivity index (χ1v) is 7.94. The van der Waals surface area contributed by atoms with Crippen molar-refractivity contribution in [2.24, 2.45) is 5.92 Å². The second kappa shape index (κ2) is 7.08. The first-order chi connectivity index (χ1) is 11.0. The van der Waals surface area contributed by atoms with E-state index >= 15 is 0 Å². The number of carbonyl (C=O) groups excluding carboxylic acids is 1.